The van der Waals surface area contributed by atoms with Gasteiger partial charge in [0.1, 0.15) is 5.72 Å². The standard InChI is InChI=1S/C19H26N2O4/c1-13-5-3-6-15(9-13)7-4-8-20-18(22)10-17-16(12-21(24)25)14(2)11-19(17,20)23/h3,5-6,9,14,16-17,23H,4,7-8,10-12H2,1-2H3/t14-,16+,17?,19?/m0/s1. The Morgan fingerprint density at radius 2 is 2.20 bits per heavy atom. The molecular weight excluding hydrogens is 320 g/mol. The molecule has 0 radical (unpaired) electrons. The van der Waals surface area contributed by atoms with E-state index in [9.17, 15) is 20.0 Å². The van der Waals surface area contributed by atoms with Crippen LogP contribution in [0.4, 0.5) is 0 Å². The summed E-state index contributed by atoms with van der Waals surface area (Å²) in [5.41, 5.74) is 1.23. The molecule has 1 aliphatic heterocycles. The minimum atomic E-state index is -1.20. The quantitative estimate of drug-likeness (QED) is 0.633. The normalized spacial score (nSPS) is 31.4. The number of hydrogen-bond donors (Lipinski definition) is 1. The number of aryl methyl sites for hydroxylation is 2. The van der Waals surface area contributed by atoms with Crippen molar-refractivity contribution in [3.05, 3.63) is 45.5 Å². The van der Waals surface area contributed by atoms with E-state index in [2.05, 4.69) is 25.1 Å². The highest BCUT2D eigenvalue weighted by Crippen LogP contribution is 2.52. The molecule has 1 heterocycles. The number of benzene rings is 1. The zero-order chi connectivity index (χ0) is 18.2. The van der Waals surface area contributed by atoms with Crippen LogP contribution in [0, 0.1) is 34.8 Å². The number of nitrogens with zero attached hydrogens (tertiary/aromatic N) is 2. The van der Waals surface area contributed by atoms with Crippen LogP contribution in [0.2, 0.25) is 0 Å². The number of nitro groups is 1. The topological polar surface area (TPSA) is 83.7 Å². The second kappa shape index (κ2) is 6.75. The van der Waals surface area contributed by atoms with Crippen molar-refractivity contribution in [1.29, 1.82) is 0 Å². The Bertz CT molecular complexity index is 677. The molecule has 0 bridgehead atoms. The minimum absolute atomic E-state index is 0.0489. The van der Waals surface area contributed by atoms with Crippen LogP contribution in [0.25, 0.3) is 0 Å². The van der Waals surface area contributed by atoms with Gasteiger partial charge in [0.05, 0.1) is 0 Å². The second-order valence-electron chi connectivity index (χ2n) is 7.69. The molecule has 136 valence electrons. The summed E-state index contributed by atoms with van der Waals surface area (Å²) < 4.78 is 0. The molecule has 4 atom stereocenters. The van der Waals surface area contributed by atoms with Crippen LogP contribution >= 0.6 is 0 Å². The monoisotopic (exact) mass is 346 g/mol. The van der Waals surface area contributed by atoms with Gasteiger partial charge in [0.2, 0.25) is 12.5 Å². The molecule has 1 aliphatic carbocycles. The first kappa shape index (κ1) is 17.9. The Labute approximate surface area is 148 Å². The molecule has 3 rings (SSSR count). The first-order valence-electron chi connectivity index (χ1n) is 9.01. The first-order valence-corrected chi connectivity index (χ1v) is 9.01. The highest BCUT2D eigenvalue weighted by molar-refractivity contribution is 5.80. The highest BCUT2D eigenvalue weighted by Gasteiger charge is 2.61. The largest absolute Gasteiger partial charge is 0.370 e. The molecule has 0 aromatic heterocycles. The highest BCUT2D eigenvalue weighted by atomic mass is 16.6. The maximum atomic E-state index is 12.4. The zero-order valence-electron chi connectivity index (χ0n) is 14.9. The first-order chi connectivity index (χ1) is 11.8. The predicted octanol–water partition coefficient (Wildman–Crippen LogP) is 2.40. The lowest BCUT2D eigenvalue weighted by Crippen LogP contribution is -2.48. The number of rotatable bonds is 6. The molecule has 1 saturated carbocycles. The van der Waals surface area contributed by atoms with Crippen LogP contribution in [0.3, 0.4) is 0 Å². The van der Waals surface area contributed by atoms with Crippen molar-refractivity contribution in [3.63, 3.8) is 0 Å². The van der Waals surface area contributed by atoms with Gasteiger partial charge in [0.15, 0.2) is 0 Å². The van der Waals surface area contributed by atoms with Gasteiger partial charge in [-0.3, -0.25) is 14.9 Å². The number of fused-ring (bicyclic) bond motifs is 1. The van der Waals surface area contributed by atoms with Crippen LogP contribution in [0.1, 0.15) is 37.3 Å². The van der Waals surface area contributed by atoms with E-state index in [-0.39, 0.29) is 41.5 Å². The molecule has 1 N–H and O–H groups in total. The Hall–Kier alpha value is -1.95. The number of amides is 1. The molecule has 0 spiro atoms. The fourth-order valence-corrected chi connectivity index (χ4v) is 4.76. The lowest BCUT2D eigenvalue weighted by molar-refractivity contribution is -0.491. The molecule has 1 saturated heterocycles. The van der Waals surface area contributed by atoms with Crippen molar-refractivity contribution in [2.24, 2.45) is 17.8 Å². The van der Waals surface area contributed by atoms with E-state index in [0.29, 0.717) is 13.0 Å². The van der Waals surface area contributed by atoms with E-state index < -0.39 is 5.72 Å². The van der Waals surface area contributed by atoms with Gasteiger partial charge in [-0.1, -0.05) is 36.8 Å². The molecule has 1 amide bonds. The summed E-state index contributed by atoms with van der Waals surface area (Å²) in [5.74, 6) is -0.574. The van der Waals surface area contributed by atoms with Gasteiger partial charge in [0.25, 0.3) is 0 Å². The lowest BCUT2D eigenvalue weighted by Gasteiger charge is -2.34. The van der Waals surface area contributed by atoms with Gasteiger partial charge in [-0.15, -0.1) is 0 Å². The third-order valence-electron chi connectivity index (χ3n) is 5.92. The Balaban J connectivity index is 1.66. The maximum absolute atomic E-state index is 12.4. The number of likely N-dealkylation sites (tertiary alicyclic amines) is 1. The van der Waals surface area contributed by atoms with Crippen LogP contribution in [0.5, 0.6) is 0 Å². The molecule has 2 aliphatic rings. The number of carbonyl (C=O) groups excluding carboxylic acids is 1. The second-order valence-corrected chi connectivity index (χ2v) is 7.69. The Morgan fingerprint density at radius 1 is 1.44 bits per heavy atom. The summed E-state index contributed by atoms with van der Waals surface area (Å²) in [5, 5.41) is 22.1. The van der Waals surface area contributed by atoms with Crippen LogP contribution in [-0.4, -0.2) is 39.7 Å². The summed E-state index contributed by atoms with van der Waals surface area (Å²) in [7, 11) is 0. The van der Waals surface area contributed by atoms with Crippen molar-refractivity contribution < 1.29 is 14.8 Å². The summed E-state index contributed by atoms with van der Waals surface area (Å²) in [6.45, 7) is 4.33. The Kier molecular flexibility index (Phi) is 4.82. The number of carbonyl (C=O) groups is 1. The third kappa shape index (κ3) is 3.40. The number of hydrogen-bond acceptors (Lipinski definition) is 4. The van der Waals surface area contributed by atoms with Gasteiger partial charge in [-0.2, -0.15) is 0 Å². The van der Waals surface area contributed by atoms with E-state index in [1.54, 1.807) is 4.90 Å². The van der Waals surface area contributed by atoms with Crippen molar-refractivity contribution in [2.75, 3.05) is 13.1 Å². The summed E-state index contributed by atoms with van der Waals surface area (Å²) in [6.07, 6.45) is 2.29. The van der Waals surface area contributed by atoms with E-state index in [0.717, 1.165) is 12.8 Å². The van der Waals surface area contributed by atoms with Gasteiger partial charge in [0, 0.05) is 29.7 Å². The minimum Gasteiger partial charge on any atom is -0.370 e. The average molecular weight is 346 g/mol. The average Bonchev–Trinajstić information content (AvgIpc) is 2.89. The van der Waals surface area contributed by atoms with E-state index in [1.165, 1.54) is 11.1 Å². The zero-order valence-corrected chi connectivity index (χ0v) is 14.9. The smallest absolute Gasteiger partial charge is 0.225 e. The molecule has 2 unspecified atom stereocenters. The summed E-state index contributed by atoms with van der Waals surface area (Å²) >= 11 is 0. The van der Waals surface area contributed by atoms with Crippen molar-refractivity contribution in [2.45, 2.75) is 45.3 Å². The van der Waals surface area contributed by atoms with Crippen molar-refractivity contribution >= 4 is 5.91 Å². The van der Waals surface area contributed by atoms with Gasteiger partial charge in [-0.25, -0.2) is 0 Å². The Morgan fingerprint density at radius 3 is 2.88 bits per heavy atom. The van der Waals surface area contributed by atoms with Crippen LogP contribution < -0.4 is 0 Å². The fraction of sp³-hybridized carbons (Fsp3) is 0.632. The maximum Gasteiger partial charge on any atom is 0.225 e. The van der Waals surface area contributed by atoms with E-state index in [4.69, 9.17) is 0 Å². The van der Waals surface area contributed by atoms with Crippen LogP contribution in [0.15, 0.2) is 24.3 Å². The number of aliphatic hydroxyl groups is 1. The third-order valence-corrected chi connectivity index (χ3v) is 5.92. The van der Waals surface area contributed by atoms with Gasteiger partial charge < -0.3 is 10.0 Å². The molecule has 6 nitrogen and oxygen atoms in total. The molecule has 1 aromatic carbocycles. The fourth-order valence-electron chi connectivity index (χ4n) is 4.76. The van der Waals surface area contributed by atoms with Crippen molar-refractivity contribution in [1.82, 2.24) is 4.90 Å². The van der Waals surface area contributed by atoms with Gasteiger partial charge in [-0.05, 0) is 37.7 Å². The molecule has 6 heteroatoms. The molecule has 1 aromatic rings. The van der Waals surface area contributed by atoms with Crippen molar-refractivity contribution in [3.8, 4) is 0 Å². The summed E-state index contributed by atoms with van der Waals surface area (Å²) in [6, 6.07) is 8.28. The van der Waals surface area contributed by atoms with Gasteiger partial charge >= 0.3 is 0 Å². The SMILES string of the molecule is Cc1cccc(CCCN2C(=O)CC3[C@H](C[N+](=O)[O-])[C@@H](C)CC32O)c1. The molecule has 25 heavy (non-hydrogen) atoms. The lowest BCUT2D eigenvalue weighted by atomic mass is 9.88. The van der Waals surface area contributed by atoms with E-state index in [1.807, 2.05) is 13.0 Å². The predicted molar refractivity (Wildman–Crippen MR) is 93.4 cm³/mol. The molecule has 2 fully saturated rings. The molecular formula is C19H26N2O4. The summed E-state index contributed by atoms with van der Waals surface area (Å²) in [4.78, 5) is 24.6. The van der Waals surface area contributed by atoms with E-state index >= 15 is 0 Å². The van der Waals surface area contributed by atoms with Crippen LogP contribution in [-0.2, 0) is 11.2 Å².